The van der Waals surface area contributed by atoms with Crippen molar-refractivity contribution < 1.29 is 14.1 Å². The third-order valence-electron chi connectivity index (χ3n) is 5.23. The van der Waals surface area contributed by atoms with E-state index in [1.54, 1.807) is 4.90 Å². The van der Waals surface area contributed by atoms with E-state index in [0.717, 1.165) is 35.0 Å². The van der Waals surface area contributed by atoms with Crippen LogP contribution in [-0.4, -0.2) is 49.6 Å². The average Bonchev–Trinajstić information content (AvgIpc) is 3.26. The normalized spacial score (nSPS) is 15.8. The zero-order chi connectivity index (χ0) is 20.8. The number of hydrogen-bond donors (Lipinski definition) is 0. The lowest BCUT2D eigenvalue weighted by Crippen LogP contribution is -2.41. The van der Waals surface area contributed by atoms with Gasteiger partial charge in [-0.2, -0.15) is 10.1 Å². The highest BCUT2D eigenvalue weighted by Crippen LogP contribution is 2.30. The molecule has 0 bridgehead atoms. The highest BCUT2D eigenvalue weighted by atomic mass is 16.6. The van der Waals surface area contributed by atoms with E-state index in [4.69, 9.17) is 9.26 Å². The Morgan fingerprint density at radius 1 is 1.24 bits per heavy atom. The highest BCUT2D eigenvalue weighted by Gasteiger charge is 2.30. The topological polar surface area (TPSA) is 86.3 Å². The van der Waals surface area contributed by atoms with E-state index >= 15 is 0 Å². The molecule has 3 heterocycles. The number of hydrogen-bond acceptors (Lipinski definition) is 6. The van der Waals surface area contributed by atoms with Crippen LogP contribution in [0.4, 0.5) is 4.79 Å². The fourth-order valence-corrected chi connectivity index (χ4v) is 3.73. The van der Waals surface area contributed by atoms with Gasteiger partial charge < -0.3 is 14.2 Å². The molecule has 0 N–H and O–H groups in total. The zero-order valence-electron chi connectivity index (χ0n) is 17.6. The van der Waals surface area contributed by atoms with Gasteiger partial charge in [0.15, 0.2) is 0 Å². The predicted octanol–water partition coefficient (Wildman–Crippen LogP) is 4.05. The summed E-state index contributed by atoms with van der Waals surface area (Å²) in [6.45, 7) is 8.87. The molecule has 0 saturated carbocycles. The van der Waals surface area contributed by atoms with Crippen LogP contribution in [0.25, 0.3) is 22.3 Å². The molecule has 1 fully saturated rings. The lowest BCUT2D eigenvalue weighted by molar-refractivity contribution is 0.0198. The average molecular weight is 397 g/mol. The lowest BCUT2D eigenvalue weighted by Gasteiger charge is -2.32. The minimum absolute atomic E-state index is 0.152. The van der Waals surface area contributed by atoms with Gasteiger partial charge in [-0.15, -0.1) is 0 Å². The number of ether oxygens (including phenoxy) is 1. The second kappa shape index (κ2) is 7.17. The Morgan fingerprint density at radius 2 is 1.97 bits per heavy atom. The van der Waals surface area contributed by atoms with E-state index in [0.29, 0.717) is 24.8 Å². The van der Waals surface area contributed by atoms with E-state index in [2.05, 4.69) is 21.3 Å². The zero-order valence-corrected chi connectivity index (χ0v) is 17.6. The van der Waals surface area contributed by atoms with Crippen molar-refractivity contribution in [1.29, 1.82) is 0 Å². The molecule has 0 atom stereocenters. The monoisotopic (exact) mass is 397 g/mol. The summed E-state index contributed by atoms with van der Waals surface area (Å²) in [5, 5.41) is 9.73. The predicted molar refractivity (Wildman–Crippen MR) is 109 cm³/mol. The van der Waals surface area contributed by atoms with Crippen LogP contribution in [-0.2, 0) is 11.8 Å². The number of piperidine rings is 1. The van der Waals surface area contributed by atoms with Gasteiger partial charge in [-0.3, -0.25) is 4.68 Å². The van der Waals surface area contributed by atoms with Crippen LogP contribution >= 0.6 is 0 Å². The first-order valence-corrected chi connectivity index (χ1v) is 9.96. The van der Waals surface area contributed by atoms with Crippen molar-refractivity contribution in [3.63, 3.8) is 0 Å². The van der Waals surface area contributed by atoms with Gasteiger partial charge in [-0.25, -0.2) is 4.79 Å². The van der Waals surface area contributed by atoms with Crippen molar-refractivity contribution in [1.82, 2.24) is 24.8 Å². The Morgan fingerprint density at radius 3 is 2.66 bits per heavy atom. The molecule has 1 amide bonds. The van der Waals surface area contributed by atoms with E-state index in [-0.39, 0.29) is 12.0 Å². The largest absolute Gasteiger partial charge is 0.444 e. The maximum Gasteiger partial charge on any atom is 0.410 e. The molecule has 1 aliphatic heterocycles. The van der Waals surface area contributed by atoms with Crippen LogP contribution in [0.15, 0.2) is 22.7 Å². The van der Waals surface area contributed by atoms with E-state index in [9.17, 15) is 4.79 Å². The van der Waals surface area contributed by atoms with Crippen LogP contribution in [0, 0.1) is 6.92 Å². The molecule has 154 valence electrons. The maximum absolute atomic E-state index is 12.2. The smallest absolute Gasteiger partial charge is 0.410 e. The van der Waals surface area contributed by atoms with Crippen molar-refractivity contribution in [3.05, 3.63) is 29.8 Å². The first-order valence-electron chi connectivity index (χ1n) is 9.96. The molecule has 0 unspecified atom stereocenters. The summed E-state index contributed by atoms with van der Waals surface area (Å²) >= 11 is 0. The van der Waals surface area contributed by atoms with Crippen LogP contribution in [0.1, 0.15) is 51.1 Å². The summed E-state index contributed by atoms with van der Waals surface area (Å²) in [5.41, 5.74) is 2.48. The Labute approximate surface area is 169 Å². The highest BCUT2D eigenvalue weighted by molar-refractivity contribution is 5.85. The van der Waals surface area contributed by atoms with Gasteiger partial charge in [0.25, 0.3) is 0 Å². The number of nitrogens with zero attached hydrogens (tertiary/aromatic N) is 5. The number of fused-ring (bicyclic) bond motifs is 1. The number of likely N-dealkylation sites (tertiary alicyclic amines) is 1. The molecule has 3 aromatic rings. The second-order valence-corrected chi connectivity index (χ2v) is 8.64. The van der Waals surface area contributed by atoms with Crippen molar-refractivity contribution in [3.8, 4) is 11.4 Å². The first kappa shape index (κ1) is 19.4. The summed E-state index contributed by atoms with van der Waals surface area (Å²) in [4.78, 5) is 18.6. The molecule has 8 nitrogen and oxygen atoms in total. The molecule has 0 spiro atoms. The number of amides is 1. The van der Waals surface area contributed by atoms with Crippen molar-refractivity contribution in [2.75, 3.05) is 13.1 Å². The quantitative estimate of drug-likeness (QED) is 0.648. The summed E-state index contributed by atoms with van der Waals surface area (Å²) < 4.78 is 12.9. The Hall–Kier alpha value is -2.90. The van der Waals surface area contributed by atoms with Gasteiger partial charge in [0.2, 0.25) is 11.7 Å². The SMILES string of the molecule is Cc1nn(C)c2ccc(-c3noc(C4CCN(C(=O)OC(C)(C)C)CC4)n3)cc12. The van der Waals surface area contributed by atoms with Crippen LogP contribution in [0.3, 0.4) is 0 Å². The molecule has 0 aliphatic carbocycles. The van der Waals surface area contributed by atoms with Gasteiger partial charge in [0.1, 0.15) is 5.60 Å². The molecule has 1 aromatic carbocycles. The number of benzene rings is 1. The molecule has 4 rings (SSSR count). The van der Waals surface area contributed by atoms with Crippen molar-refractivity contribution in [2.24, 2.45) is 7.05 Å². The van der Waals surface area contributed by atoms with Crippen LogP contribution in [0.2, 0.25) is 0 Å². The number of aryl methyl sites for hydroxylation is 2. The molecule has 1 saturated heterocycles. The molecule has 29 heavy (non-hydrogen) atoms. The van der Waals surface area contributed by atoms with Gasteiger partial charge >= 0.3 is 6.09 Å². The van der Waals surface area contributed by atoms with Crippen LogP contribution < -0.4 is 0 Å². The van der Waals surface area contributed by atoms with Crippen molar-refractivity contribution in [2.45, 2.75) is 52.1 Å². The third kappa shape index (κ3) is 3.97. The molecule has 1 aliphatic rings. The fraction of sp³-hybridized carbons (Fsp3) is 0.524. The van der Waals surface area contributed by atoms with E-state index in [1.165, 1.54) is 0 Å². The summed E-state index contributed by atoms with van der Waals surface area (Å²) in [6, 6.07) is 6.07. The fourth-order valence-electron chi connectivity index (χ4n) is 3.73. The molecular weight excluding hydrogens is 370 g/mol. The van der Waals surface area contributed by atoms with Crippen molar-refractivity contribution >= 4 is 17.0 Å². The Balaban J connectivity index is 1.45. The summed E-state index contributed by atoms with van der Waals surface area (Å²) in [7, 11) is 1.94. The standard InChI is InChI=1S/C21H27N5O3/c1-13-16-12-15(6-7-17(16)25(5)23-13)18-22-19(29-24-18)14-8-10-26(11-9-14)20(27)28-21(2,3)4/h6-7,12,14H,8-11H2,1-5H3. The number of carbonyl (C=O) groups excluding carboxylic acids is 1. The van der Waals surface area contributed by atoms with Gasteiger partial charge in [0, 0.05) is 37.0 Å². The van der Waals surface area contributed by atoms with Gasteiger partial charge in [-0.1, -0.05) is 5.16 Å². The number of carbonyl (C=O) groups is 1. The second-order valence-electron chi connectivity index (χ2n) is 8.64. The lowest BCUT2D eigenvalue weighted by atomic mass is 9.97. The number of aromatic nitrogens is 4. The minimum atomic E-state index is -0.483. The van der Waals surface area contributed by atoms with E-state index < -0.39 is 5.60 Å². The molecule has 0 radical (unpaired) electrons. The minimum Gasteiger partial charge on any atom is -0.444 e. The molecule has 2 aromatic heterocycles. The Kier molecular flexibility index (Phi) is 4.80. The Bertz CT molecular complexity index is 1040. The van der Waals surface area contributed by atoms with Gasteiger partial charge in [-0.05, 0) is 58.7 Å². The third-order valence-corrected chi connectivity index (χ3v) is 5.23. The number of rotatable bonds is 2. The van der Waals surface area contributed by atoms with Gasteiger partial charge in [0.05, 0.1) is 11.2 Å². The summed E-state index contributed by atoms with van der Waals surface area (Å²) in [5.74, 6) is 1.37. The maximum atomic E-state index is 12.2. The van der Waals surface area contributed by atoms with E-state index in [1.807, 2.05) is 51.6 Å². The van der Waals surface area contributed by atoms with Crippen LogP contribution in [0.5, 0.6) is 0 Å². The molecule has 8 heteroatoms. The summed E-state index contributed by atoms with van der Waals surface area (Å²) in [6.07, 6.45) is 1.30. The first-order chi connectivity index (χ1) is 13.7. The molecular formula is C21H27N5O3.